The SMILES string of the molecule is COc1ccc(-c2ccc3c(C(=O)c4ccc(OCCN5CCCCC5)cc4)c(-c4ccc(O)cc4)sc3c2)cc1. The van der Waals surface area contributed by atoms with Gasteiger partial charge in [-0.25, -0.2) is 0 Å². The molecule has 1 aromatic heterocycles. The van der Waals surface area contributed by atoms with Crippen LogP contribution in [-0.4, -0.2) is 49.1 Å². The molecular weight excluding hydrogens is 530 g/mol. The molecule has 6 heteroatoms. The molecule has 1 aliphatic heterocycles. The number of ketones is 1. The van der Waals surface area contributed by atoms with Crippen molar-refractivity contribution in [2.75, 3.05) is 33.4 Å². The maximum Gasteiger partial charge on any atom is 0.195 e. The fourth-order valence-corrected chi connectivity index (χ4v) is 6.67. The first-order valence-corrected chi connectivity index (χ1v) is 14.9. The van der Waals surface area contributed by atoms with Crippen LogP contribution in [0.5, 0.6) is 17.2 Å². The molecule has 0 bridgehead atoms. The highest BCUT2D eigenvalue weighted by atomic mass is 32.1. The number of ether oxygens (including phenoxy) is 2. The minimum atomic E-state index is -0.0311. The van der Waals surface area contributed by atoms with Crippen molar-refractivity contribution in [3.63, 3.8) is 0 Å². The van der Waals surface area contributed by atoms with Gasteiger partial charge in [0, 0.05) is 32.6 Å². The average Bonchev–Trinajstić information content (AvgIpc) is 3.41. The Morgan fingerprint density at radius 3 is 2.17 bits per heavy atom. The molecule has 0 amide bonds. The number of phenols is 1. The standard InChI is InChI=1S/C35H33NO4S/c1-39-29-14-7-24(8-15-29)27-11-18-31-32(23-27)41-35(26-5-12-28(37)13-6-26)33(31)34(38)25-9-16-30(17-10-25)40-22-21-36-19-3-2-4-20-36/h5-18,23,37H,2-4,19-22H2,1H3. The number of nitrogens with zero attached hydrogens (tertiary/aromatic N) is 1. The van der Waals surface area contributed by atoms with Crippen LogP contribution in [0.4, 0.5) is 0 Å². The summed E-state index contributed by atoms with van der Waals surface area (Å²) in [7, 11) is 1.66. The molecule has 41 heavy (non-hydrogen) atoms. The Morgan fingerprint density at radius 2 is 1.46 bits per heavy atom. The summed E-state index contributed by atoms with van der Waals surface area (Å²) in [6, 6.07) is 28.8. The molecule has 1 aliphatic rings. The van der Waals surface area contributed by atoms with Crippen molar-refractivity contribution in [1.29, 1.82) is 0 Å². The van der Waals surface area contributed by atoms with Gasteiger partial charge in [-0.1, -0.05) is 30.7 Å². The predicted octanol–water partition coefficient (Wildman–Crippen LogP) is 8.05. The third-order valence-electron chi connectivity index (χ3n) is 7.71. The van der Waals surface area contributed by atoms with Crippen LogP contribution in [0.1, 0.15) is 35.2 Å². The Morgan fingerprint density at radius 1 is 0.805 bits per heavy atom. The number of hydrogen-bond acceptors (Lipinski definition) is 6. The zero-order valence-electron chi connectivity index (χ0n) is 23.1. The van der Waals surface area contributed by atoms with Crippen LogP contribution >= 0.6 is 11.3 Å². The monoisotopic (exact) mass is 563 g/mol. The molecule has 208 valence electrons. The second-order valence-corrected chi connectivity index (χ2v) is 11.4. The van der Waals surface area contributed by atoms with E-state index in [0.29, 0.717) is 17.7 Å². The van der Waals surface area contributed by atoms with E-state index in [-0.39, 0.29) is 11.5 Å². The van der Waals surface area contributed by atoms with Gasteiger partial charge in [0.2, 0.25) is 0 Å². The van der Waals surface area contributed by atoms with Crippen molar-refractivity contribution in [3.8, 4) is 38.8 Å². The third kappa shape index (κ3) is 5.99. The molecule has 1 N–H and O–H groups in total. The normalized spacial score (nSPS) is 13.8. The summed E-state index contributed by atoms with van der Waals surface area (Å²) in [5.41, 5.74) is 4.35. The van der Waals surface area contributed by atoms with Crippen molar-refractivity contribution >= 4 is 27.2 Å². The fraction of sp³-hybridized carbons (Fsp3) is 0.229. The number of carbonyl (C=O) groups is 1. The molecule has 4 aromatic carbocycles. The van der Waals surface area contributed by atoms with E-state index in [1.54, 1.807) is 30.6 Å². The molecule has 5 nitrogen and oxygen atoms in total. The smallest absolute Gasteiger partial charge is 0.195 e. The number of benzene rings is 4. The fourth-order valence-electron chi connectivity index (χ4n) is 5.42. The van der Waals surface area contributed by atoms with Gasteiger partial charge in [-0.05, 0) is 109 Å². The van der Waals surface area contributed by atoms with Gasteiger partial charge >= 0.3 is 0 Å². The number of likely N-dealkylation sites (tertiary alicyclic amines) is 1. The highest BCUT2D eigenvalue weighted by Crippen LogP contribution is 2.42. The van der Waals surface area contributed by atoms with Crippen molar-refractivity contribution in [3.05, 3.63) is 102 Å². The Labute approximate surface area is 244 Å². The van der Waals surface area contributed by atoms with Gasteiger partial charge < -0.3 is 14.6 Å². The molecule has 0 saturated carbocycles. The Hall–Kier alpha value is -4.13. The minimum Gasteiger partial charge on any atom is -0.508 e. The molecule has 2 heterocycles. The van der Waals surface area contributed by atoms with Crippen LogP contribution < -0.4 is 9.47 Å². The molecule has 0 unspecified atom stereocenters. The van der Waals surface area contributed by atoms with Gasteiger partial charge in [0.1, 0.15) is 23.9 Å². The summed E-state index contributed by atoms with van der Waals surface area (Å²) in [4.78, 5) is 17.4. The van der Waals surface area contributed by atoms with E-state index < -0.39 is 0 Å². The maximum absolute atomic E-state index is 14.0. The van der Waals surface area contributed by atoms with Crippen LogP contribution in [0, 0.1) is 0 Å². The van der Waals surface area contributed by atoms with Crippen LogP contribution in [0.2, 0.25) is 0 Å². The highest BCUT2D eigenvalue weighted by molar-refractivity contribution is 7.22. The summed E-state index contributed by atoms with van der Waals surface area (Å²) in [5, 5.41) is 10.8. The Bertz CT molecular complexity index is 1630. The number of piperidine rings is 1. The first kappa shape index (κ1) is 27.1. The molecular formula is C35H33NO4S. The van der Waals surface area contributed by atoms with E-state index in [0.717, 1.165) is 62.8 Å². The summed E-state index contributed by atoms with van der Waals surface area (Å²) >= 11 is 1.59. The number of phenolic OH excluding ortho intramolecular Hbond substituents is 1. The second kappa shape index (κ2) is 12.2. The number of hydrogen-bond donors (Lipinski definition) is 1. The van der Waals surface area contributed by atoms with Gasteiger partial charge in [0.25, 0.3) is 0 Å². The highest BCUT2D eigenvalue weighted by Gasteiger charge is 2.22. The lowest BCUT2D eigenvalue weighted by molar-refractivity contribution is 0.104. The number of methoxy groups -OCH3 is 1. The summed E-state index contributed by atoms with van der Waals surface area (Å²) in [6.45, 7) is 3.87. The molecule has 1 saturated heterocycles. The zero-order chi connectivity index (χ0) is 28.2. The molecule has 0 spiro atoms. The first-order valence-electron chi connectivity index (χ1n) is 14.1. The van der Waals surface area contributed by atoms with Crippen molar-refractivity contribution in [2.24, 2.45) is 0 Å². The third-order valence-corrected chi connectivity index (χ3v) is 8.91. The van der Waals surface area contributed by atoms with Crippen LogP contribution in [0.15, 0.2) is 91.0 Å². The van der Waals surface area contributed by atoms with E-state index in [4.69, 9.17) is 9.47 Å². The molecule has 1 fully saturated rings. The van der Waals surface area contributed by atoms with Gasteiger partial charge in [0.15, 0.2) is 5.78 Å². The van der Waals surface area contributed by atoms with E-state index in [9.17, 15) is 9.90 Å². The lowest BCUT2D eigenvalue weighted by Gasteiger charge is -2.26. The second-order valence-electron chi connectivity index (χ2n) is 10.4. The quantitative estimate of drug-likeness (QED) is 0.184. The molecule has 5 aromatic rings. The van der Waals surface area contributed by atoms with Gasteiger partial charge in [0.05, 0.1) is 7.11 Å². The summed E-state index contributed by atoms with van der Waals surface area (Å²) < 4.78 is 12.3. The lowest BCUT2D eigenvalue weighted by Crippen LogP contribution is -2.33. The van der Waals surface area contributed by atoms with Crippen molar-refractivity contribution in [1.82, 2.24) is 4.90 Å². The number of rotatable bonds is 9. The number of carbonyl (C=O) groups excluding carboxylic acids is 1. The number of thiophene rings is 1. The number of aromatic hydroxyl groups is 1. The molecule has 0 aliphatic carbocycles. The topological polar surface area (TPSA) is 59.0 Å². The van der Waals surface area contributed by atoms with Gasteiger partial charge in [-0.3, -0.25) is 9.69 Å². The van der Waals surface area contributed by atoms with E-state index in [1.807, 2.05) is 66.7 Å². The lowest BCUT2D eigenvalue weighted by atomic mass is 9.96. The van der Waals surface area contributed by atoms with Crippen LogP contribution in [0.3, 0.4) is 0 Å². The Balaban J connectivity index is 1.30. The maximum atomic E-state index is 14.0. The van der Waals surface area contributed by atoms with Crippen molar-refractivity contribution in [2.45, 2.75) is 19.3 Å². The van der Waals surface area contributed by atoms with E-state index >= 15 is 0 Å². The first-order chi connectivity index (χ1) is 20.1. The van der Waals surface area contributed by atoms with Gasteiger partial charge in [-0.2, -0.15) is 0 Å². The Kier molecular flexibility index (Phi) is 8.03. The predicted molar refractivity (Wildman–Crippen MR) is 167 cm³/mol. The molecule has 6 rings (SSSR count). The molecule has 0 radical (unpaired) electrons. The van der Waals surface area contributed by atoms with Gasteiger partial charge in [-0.15, -0.1) is 11.3 Å². The average molecular weight is 564 g/mol. The molecule has 0 atom stereocenters. The number of fused-ring (bicyclic) bond motifs is 1. The summed E-state index contributed by atoms with van der Waals surface area (Å²) in [6.07, 6.45) is 3.86. The minimum absolute atomic E-state index is 0.0311. The largest absolute Gasteiger partial charge is 0.508 e. The van der Waals surface area contributed by atoms with E-state index in [2.05, 4.69) is 17.0 Å². The van der Waals surface area contributed by atoms with Crippen LogP contribution in [0.25, 0.3) is 31.7 Å². The van der Waals surface area contributed by atoms with Crippen molar-refractivity contribution < 1.29 is 19.4 Å². The van der Waals surface area contributed by atoms with Crippen LogP contribution in [-0.2, 0) is 0 Å². The van der Waals surface area contributed by atoms with E-state index in [1.165, 1.54) is 19.3 Å². The summed E-state index contributed by atoms with van der Waals surface area (Å²) in [5.74, 6) is 1.75. The zero-order valence-corrected chi connectivity index (χ0v) is 24.0.